The van der Waals surface area contributed by atoms with Crippen molar-refractivity contribution >= 4 is 28.6 Å². The summed E-state index contributed by atoms with van der Waals surface area (Å²) in [7, 11) is 3.21. The van der Waals surface area contributed by atoms with Crippen LogP contribution in [0, 0.1) is 11.3 Å². The number of amides is 1. The molecule has 2 N–H and O–H groups in total. The van der Waals surface area contributed by atoms with Crippen LogP contribution in [-0.2, 0) is 11.2 Å². The van der Waals surface area contributed by atoms with E-state index in [0.717, 1.165) is 48.1 Å². The van der Waals surface area contributed by atoms with Crippen LogP contribution in [0.3, 0.4) is 0 Å². The van der Waals surface area contributed by atoms with Crippen LogP contribution in [0.2, 0.25) is 0 Å². The van der Waals surface area contributed by atoms with Gasteiger partial charge in [-0.15, -0.1) is 0 Å². The molecule has 4 rings (SSSR count). The first-order valence-corrected chi connectivity index (χ1v) is 11.1. The maximum absolute atomic E-state index is 12.7. The summed E-state index contributed by atoms with van der Waals surface area (Å²) in [6, 6.07) is 13.8. The van der Waals surface area contributed by atoms with E-state index in [9.17, 15) is 10.1 Å². The molecule has 0 spiro atoms. The third kappa shape index (κ3) is 4.80. The average molecular weight is 445 g/mol. The summed E-state index contributed by atoms with van der Waals surface area (Å²) < 4.78 is 11.2. The topological polar surface area (TPSA) is 90.4 Å². The number of hydrogen-bond acceptors (Lipinski definition) is 5. The van der Waals surface area contributed by atoms with Crippen molar-refractivity contribution in [3.63, 3.8) is 0 Å². The molecule has 7 nitrogen and oxygen atoms in total. The minimum absolute atomic E-state index is 0.0169. The summed E-state index contributed by atoms with van der Waals surface area (Å²) in [5.74, 6) is 0.875. The van der Waals surface area contributed by atoms with Crippen molar-refractivity contribution in [3.8, 4) is 17.6 Å². The Morgan fingerprint density at radius 2 is 1.94 bits per heavy atom. The molecule has 1 saturated heterocycles. The van der Waals surface area contributed by atoms with Gasteiger partial charge >= 0.3 is 0 Å². The van der Waals surface area contributed by atoms with Crippen molar-refractivity contribution in [1.29, 1.82) is 5.26 Å². The first-order valence-electron chi connectivity index (χ1n) is 11.1. The van der Waals surface area contributed by atoms with Gasteiger partial charge in [0.1, 0.15) is 23.1 Å². The third-order valence-corrected chi connectivity index (χ3v) is 6.00. The van der Waals surface area contributed by atoms with Crippen LogP contribution in [0.1, 0.15) is 24.0 Å². The van der Waals surface area contributed by atoms with Crippen molar-refractivity contribution in [3.05, 3.63) is 59.3 Å². The van der Waals surface area contributed by atoms with E-state index in [2.05, 4.69) is 21.3 Å². The quantitative estimate of drug-likeness (QED) is 0.404. The Hall–Kier alpha value is -3.92. The summed E-state index contributed by atoms with van der Waals surface area (Å²) in [5, 5.41) is 13.6. The standard InChI is InChI=1S/C26H28N4O3/c1-32-24-15-23(30-11-5-6-12-30)25(33-2)14-19(24)13-20(16-27)26(31)28-10-9-18-17-29-22-8-4-3-7-21(18)22/h3-4,7-8,13-15,17,29H,5-6,9-12H2,1-2H3,(H,28,31)/b20-13-. The van der Waals surface area contributed by atoms with Gasteiger partial charge in [0.25, 0.3) is 5.91 Å². The molecule has 1 fully saturated rings. The molecule has 3 aromatic rings. The predicted octanol–water partition coefficient (Wildman–Crippen LogP) is 4.05. The lowest BCUT2D eigenvalue weighted by atomic mass is 10.1. The van der Waals surface area contributed by atoms with E-state index in [-0.39, 0.29) is 5.57 Å². The van der Waals surface area contributed by atoms with Gasteiger partial charge in [-0.05, 0) is 43.0 Å². The Labute approximate surface area is 193 Å². The van der Waals surface area contributed by atoms with Crippen molar-refractivity contribution in [2.75, 3.05) is 38.8 Å². The predicted molar refractivity (Wildman–Crippen MR) is 130 cm³/mol. The lowest BCUT2D eigenvalue weighted by Gasteiger charge is -2.22. The number of anilines is 1. The highest BCUT2D eigenvalue weighted by Crippen LogP contribution is 2.38. The Morgan fingerprint density at radius 1 is 1.18 bits per heavy atom. The molecule has 1 aromatic heterocycles. The van der Waals surface area contributed by atoms with E-state index in [0.29, 0.717) is 30.0 Å². The molecule has 0 unspecified atom stereocenters. The highest BCUT2D eigenvalue weighted by atomic mass is 16.5. The molecule has 170 valence electrons. The molecule has 0 atom stereocenters. The van der Waals surface area contributed by atoms with Crippen LogP contribution in [0.5, 0.6) is 11.5 Å². The number of nitrogens with one attached hydrogen (secondary N) is 2. The molecule has 1 aliphatic rings. The van der Waals surface area contributed by atoms with Gasteiger partial charge in [-0.25, -0.2) is 0 Å². The van der Waals surface area contributed by atoms with Crippen molar-refractivity contribution in [2.24, 2.45) is 0 Å². The van der Waals surface area contributed by atoms with Crippen molar-refractivity contribution < 1.29 is 14.3 Å². The molecule has 0 radical (unpaired) electrons. The molecule has 2 aromatic carbocycles. The largest absolute Gasteiger partial charge is 0.496 e. The number of para-hydroxylation sites is 1. The molecule has 0 bridgehead atoms. The minimum atomic E-state index is -0.415. The number of carbonyl (C=O) groups is 1. The SMILES string of the molecule is COc1cc(N2CCCC2)c(OC)cc1/C=C(/C#N)C(=O)NCCc1c[nH]c2ccccc12. The first-order chi connectivity index (χ1) is 16.1. The Balaban J connectivity index is 1.50. The van der Waals surface area contributed by atoms with Gasteiger partial charge in [-0.1, -0.05) is 18.2 Å². The van der Waals surface area contributed by atoms with E-state index in [1.54, 1.807) is 20.3 Å². The Morgan fingerprint density at radius 3 is 2.67 bits per heavy atom. The number of H-pyrrole nitrogens is 1. The Bertz CT molecular complexity index is 1220. The second-order valence-electron chi connectivity index (χ2n) is 8.00. The van der Waals surface area contributed by atoms with Crippen LogP contribution in [0.25, 0.3) is 17.0 Å². The summed E-state index contributed by atoms with van der Waals surface area (Å²) in [6.45, 7) is 2.36. The molecular formula is C26H28N4O3. The second kappa shape index (κ2) is 10.1. The van der Waals surface area contributed by atoms with Gasteiger partial charge in [-0.2, -0.15) is 5.26 Å². The van der Waals surface area contributed by atoms with Crippen molar-refractivity contribution in [1.82, 2.24) is 10.3 Å². The number of nitriles is 1. The minimum Gasteiger partial charge on any atom is -0.496 e. The summed E-state index contributed by atoms with van der Waals surface area (Å²) >= 11 is 0. The first kappa shape index (κ1) is 22.3. The van der Waals surface area contributed by atoms with Crippen LogP contribution >= 0.6 is 0 Å². The monoisotopic (exact) mass is 444 g/mol. The average Bonchev–Trinajstić information content (AvgIpc) is 3.52. The summed E-state index contributed by atoms with van der Waals surface area (Å²) in [4.78, 5) is 18.2. The van der Waals surface area contributed by atoms with E-state index in [1.807, 2.05) is 42.6 Å². The van der Waals surface area contributed by atoms with Gasteiger partial charge in [0.05, 0.1) is 19.9 Å². The molecule has 0 saturated carbocycles. The van der Waals surface area contributed by atoms with Gasteiger partial charge in [0, 0.05) is 48.4 Å². The number of carbonyl (C=O) groups excluding carboxylic acids is 1. The summed E-state index contributed by atoms with van der Waals surface area (Å²) in [6.07, 6.45) is 6.46. The van der Waals surface area contributed by atoms with E-state index >= 15 is 0 Å². The third-order valence-electron chi connectivity index (χ3n) is 6.00. The van der Waals surface area contributed by atoms with Crippen molar-refractivity contribution in [2.45, 2.75) is 19.3 Å². The number of hydrogen-bond donors (Lipinski definition) is 2. The number of nitrogens with zero attached hydrogens (tertiary/aromatic N) is 2. The highest BCUT2D eigenvalue weighted by Gasteiger charge is 2.20. The molecule has 7 heteroatoms. The number of aromatic nitrogens is 1. The van der Waals surface area contributed by atoms with Gasteiger partial charge in [-0.3, -0.25) is 4.79 Å². The maximum atomic E-state index is 12.7. The molecule has 1 aliphatic heterocycles. The highest BCUT2D eigenvalue weighted by molar-refractivity contribution is 6.02. The molecule has 33 heavy (non-hydrogen) atoms. The van der Waals surface area contributed by atoms with Crippen LogP contribution in [-0.4, -0.2) is 44.7 Å². The molecule has 2 heterocycles. The zero-order valence-electron chi connectivity index (χ0n) is 19.0. The van der Waals surface area contributed by atoms with Crippen LogP contribution < -0.4 is 19.7 Å². The van der Waals surface area contributed by atoms with Crippen LogP contribution in [0.4, 0.5) is 5.69 Å². The lowest BCUT2D eigenvalue weighted by molar-refractivity contribution is -0.117. The second-order valence-corrected chi connectivity index (χ2v) is 8.00. The maximum Gasteiger partial charge on any atom is 0.261 e. The number of fused-ring (bicyclic) bond motifs is 1. The molecular weight excluding hydrogens is 416 g/mol. The Kier molecular flexibility index (Phi) is 6.84. The fourth-order valence-electron chi connectivity index (χ4n) is 4.27. The number of rotatable bonds is 8. The van der Waals surface area contributed by atoms with E-state index in [4.69, 9.17) is 9.47 Å². The molecule has 1 amide bonds. The van der Waals surface area contributed by atoms with Gasteiger partial charge in [0.15, 0.2) is 0 Å². The van der Waals surface area contributed by atoms with E-state index in [1.165, 1.54) is 0 Å². The fraction of sp³-hybridized carbons (Fsp3) is 0.308. The van der Waals surface area contributed by atoms with E-state index < -0.39 is 5.91 Å². The number of benzene rings is 2. The number of ether oxygens (including phenoxy) is 2. The lowest BCUT2D eigenvalue weighted by Crippen LogP contribution is -2.26. The summed E-state index contributed by atoms with van der Waals surface area (Å²) in [5.41, 5.74) is 3.79. The normalized spacial score (nSPS) is 13.7. The van der Waals surface area contributed by atoms with Gasteiger partial charge in [0.2, 0.25) is 0 Å². The number of methoxy groups -OCH3 is 2. The smallest absolute Gasteiger partial charge is 0.261 e. The fourth-order valence-corrected chi connectivity index (χ4v) is 4.27. The molecule has 0 aliphatic carbocycles. The van der Waals surface area contributed by atoms with Crippen LogP contribution in [0.15, 0.2) is 48.2 Å². The number of aromatic amines is 1. The van der Waals surface area contributed by atoms with Gasteiger partial charge < -0.3 is 24.7 Å². The zero-order valence-corrected chi connectivity index (χ0v) is 19.0. The zero-order chi connectivity index (χ0) is 23.2.